The normalized spacial score (nSPS) is 11.9. The summed E-state index contributed by atoms with van der Waals surface area (Å²) in [5.74, 6) is 0.0360. The van der Waals surface area contributed by atoms with Crippen molar-refractivity contribution in [2.45, 2.75) is 18.7 Å². The Kier molecular flexibility index (Phi) is 4.27. The fourth-order valence-corrected chi connectivity index (χ4v) is 2.20. The van der Waals surface area contributed by atoms with E-state index in [4.69, 9.17) is 33.0 Å². The maximum atomic E-state index is 10.8. The third kappa shape index (κ3) is 3.65. The van der Waals surface area contributed by atoms with Crippen molar-refractivity contribution in [2.75, 3.05) is 0 Å². The zero-order chi connectivity index (χ0) is 12.5. The number of phosphoric ester groups is 1. The highest BCUT2D eigenvalue weighted by atomic mass is 35.5. The number of rotatable bonds is 3. The Morgan fingerprint density at radius 1 is 1.31 bits per heavy atom. The van der Waals surface area contributed by atoms with Crippen LogP contribution in [-0.4, -0.2) is 9.79 Å². The summed E-state index contributed by atoms with van der Waals surface area (Å²) < 4.78 is 15.4. The molecule has 1 aromatic rings. The number of alkyl halides is 2. The van der Waals surface area contributed by atoms with Crippen LogP contribution in [0.3, 0.4) is 0 Å². The van der Waals surface area contributed by atoms with E-state index in [1.165, 1.54) is 0 Å². The van der Waals surface area contributed by atoms with Gasteiger partial charge in [0.25, 0.3) is 0 Å². The molecule has 0 aliphatic rings. The highest BCUT2D eigenvalue weighted by molar-refractivity contribution is 7.46. The smallest absolute Gasteiger partial charge is 0.404 e. The molecule has 0 atom stereocenters. The lowest BCUT2D eigenvalue weighted by atomic mass is 10.1. The first kappa shape index (κ1) is 13.8. The molecule has 0 aromatic heterocycles. The summed E-state index contributed by atoms with van der Waals surface area (Å²) in [6.45, 7) is 3.49. The zero-order valence-corrected chi connectivity index (χ0v) is 11.1. The van der Waals surface area contributed by atoms with Crippen molar-refractivity contribution in [1.82, 2.24) is 0 Å². The summed E-state index contributed by atoms with van der Waals surface area (Å²) >= 11 is 11.4. The Bertz CT molecular complexity index is 441. The Hall–Kier alpha value is -0.250. The molecule has 1 aromatic carbocycles. The Morgan fingerprint density at radius 2 is 1.88 bits per heavy atom. The number of hydrogen-bond donors (Lipinski definition) is 2. The van der Waals surface area contributed by atoms with Gasteiger partial charge in [0.2, 0.25) is 0 Å². The molecule has 0 aliphatic heterocycles. The summed E-state index contributed by atoms with van der Waals surface area (Å²) in [7, 11) is -4.61. The molecule has 4 nitrogen and oxygen atoms in total. The maximum Gasteiger partial charge on any atom is 0.524 e. The number of aryl methyl sites for hydroxylation is 2. The molecule has 0 aliphatic carbocycles. The van der Waals surface area contributed by atoms with Gasteiger partial charge in [0.1, 0.15) is 10.6 Å². The summed E-state index contributed by atoms with van der Waals surface area (Å²) in [6.07, 6.45) is 0. The number of halogens is 2. The third-order valence-corrected chi connectivity index (χ3v) is 2.78. The third-order valence-electron chi connectivity index (χ3n) is 1.89. The van der Waals surface area contributed by atoms with E-state index in [0.29, 0.717) is 11.1 Å². The molecule has 0 amide bonds. The maximum absolute atomic E-state index is 10.8. The molecule has 7 heteroatoms. The average molecular weight is 285 g/mol. The minimum atomic E-state index is -4.61. The van der Waals surface area contributed by atoms with E-state index >= 15 is 0 Å². The van der Waals surface area contributed by atoms with Crippen LogP contribution in [0.25, 0.3) is 0 Å². The summed E-state index contributed by atoms with van der Waals surface area (Å²) in [4.78, 5) is 16.6. The van der Waals surface area contributed by atoms with Crippen LogP contribution in [-0.2, 0) is 4.57 Å². The fraction of sp³-hybridized carbons (Fsp3) is 0.333. The van der Waals surface area contributed by atoms with Crippen molar-refractivity contribution in [1.29, 1.82) is 0 Å². The van der Waals surface area contributed by atoms with E-state index in [0.717, 1.165) is 5.56 Å². The Morgan fingerprint density at radius 3 is 2.31 bits per heavy atom. The van der Waals surface area contributed by atoms with Crippen LogP contribution < -0.4 is 4.52 Å². The number of benzene rings is 1. The largest absolute Gasteiger partial charge is 0.524 e. The first-order valence-corrected chi connectivity index (χ1v) is 6.75. The van der Waals surface area contributed by atoms with Crippen molar-refractivity contribution in [2.24, 2.45) is 0 Å². The van der Waals surface area contributed by atoms with Gasteiger partial charge in [0.15, 0.2) is 0 Å². The van der Waals surface area contributed by atoms with E-state index in [2.05, 4.69) is 4.52 Å². The lowest BCUT2D eigenvalue weighted by molar-refractivity contribution is 0.281. The summed E-state index contributed by atoms with van der Waals surface area (Å²) in [5, 5.41) is 0. The predicted molar refractivity (Wildman–Crippen MR) is 63.0 cm³/mol. The van der Waals surface area contributed by atoms with Crippen molar-refractivity contribution >= 4 is 31.0 Å². The number of hydrogen-bond acceptors (Lipinski definition) is 2. The van der Waals surface area contributed by atoms with Gasteiger partial charge in [-0.05, 0) is 25.5 Å². The van der Waals surface area contributed by atoms with E-state index < -0.39 is 12.7 Å². The van der Waals surface area contributed by atoms with Crippen LogP contribution in [0, 0.1) is 13.8 Å². The Balaban J connectivity index is 3.30. The topological polar surface area (TPSA) is 66.8 Å². The van der Waals surface area contributed by atoms with Crippen LogP contribution >= 0.6 is 31.0 Å². The SMILES string of the molecule is Cc1cc(C)c(OP(=O)(O)O)c(C(Cl)Cl)c1. The molecule has 1 rings (SSSR count). The van der Waals surface area contributed by atoms with Crippen molar-refractivity contribution in [3.05, 3.63) is 28.8 Å². The minimum absolute atomic E-state index is 0.0360. The Labute approximate surface area is 103 Å². The molecule has 0 heterocycles. The van der Waals surface area contributed by atoms with E-state index in [1.807, 2.05) is 6.92 Å². The molecular formula is C9H11Cl2O4P. The molecule has 2 N–H and O–H groups in total. The molecular weight excluding hydrogens is 274 g/mol. The minimum Gasteiger partial charge on any atom is -0.404 e. The highest BCUT2D eigenvalue weighted by Gasteiger charge is 2.22. The van der Waals surface area contributed by atoms with Gasteiger partial charge in [-0.15, -0.1) is 0 Å². The molecule has 90 valence electrons. The summed E-state index contributed by atoms with van der Waals surface area (Å²) in [6, 6.07) is 3.35. The quantitative estimate of drug-likeness (QED) is 0.660. The van der Waals surface area contributed by atoms with Crippen molar-refractivity contribution in [3.8, 4) is 5.75 Å². The van der Waals surface area contributed by atoms with Gasteiger partial charge in [-0.25, -0.2) is 4.57 Å². The van der Waals surface area contributed by atoms with Crippen LogP contribution in [0.5, 0.6) is 5.75 Å². The zero-order valence-electron chi connectivity index (χ0n) is 8.65. The lowest BCUT2D eigenvalue weighted by Crippen LogP contribution is -1.98. The molecule has 0 radical (unpaired) electrons. The first-order valence-electron chi connectivity index (χ1n) is 4.35. The molecule has 0 saturated carbocycles. The van der Waals surface area contributed by atoms with Crippen LogP contribution in [0.1, 0.15) is 21.5 Å². The van der Waals surface area contributed by atoms with Gasteiger partial charge in [-0.2, -0.15) is 0 Å². The monoisotopic (exact) mass is 284 g/mol. The molecule has 0 spiro atoms. The van der Waals surface area contributed by atoms with Crippen LogP contribution in [0.2, 0.25) is 0 Å². The molecule has 16 heavy (non-hydrogen) atoms. The van der Waals surface area contributed by atoms with E-state index in [-0.39, 0.29) is 5.75 Å². The van der Waals surface area contributed by atoms with Gasteiger partial charge in [0.05, 0.1) is 0 Å². The van der Waals surface area contributed by atoms with Gasteiger partial charge in [-0.1, -0.05) is 34.8 Å². The average Bonchev–Trinajstić information content (AvgIpc) is 2.07. The second-order valence-corrected chi connectivity index (χ2v) is 5.64. The van der Waals surface area contributed by atoms with E-state index in [1.54, 1.807) is 19.1 Å². The van der Waals surface area contributed by atoms with Crippen LogP contribution in [0.15, 0.2) is 12.1 Å². The highest BCUT2D eigenvalue weighted by Crippen LogP contribution is 2.44. The predicted octanol–water partition coefficient (Wildman–Crippen LogP) is 3.25. The lowest BCUT2D eigenvalue weighted by Gasteiger charge is -2.15. The van der Waals surface area contributed by atoms with Gasteiger partial charge in [-0.3, -0.25) is 9.79 Å². The molecule has 0 fully saturated rings. The molecule has 0 saturated heterocycles. The molecule has 0 unspecified atom stereocenters. The van der Waals surface area contributed by atoms with Crippen LogP contribution in [0.4, 0.5) is 0 Å². The fourth-order valence-electron chi connectivity index (χ4n) is 1.39. The van der Waals surface area contributed by atoms with Gasteiger partial charge < -0.3 is 4.52 Å². The van der Waals surface area contributed by atoms with Gasteiger partial charge in [0, 0.05) is 5.56 Å². The van der Waals surface area contributed by atoms with Crippen molar-refractivity contribution < 1.29 is 18.9 Å². The second-order valence-electron chi connectivity index (χ2n) is 3.38. The van der Waals surface area contributed by atoms with Gasteiger partial charge >= 0.3 is 7.82 Å². The second kappa shape index (κ2) is 4.94. The van der Waals surface area contributed by atoms with E-state index in [9.17, 15) is 4.57 Å². The number of phosphoric acid groups is 1. The first-order chi connectivity index (χ1) is 7.20. The summed E-state index contributed by atoms with van der Waals surface area (Å²) in [5.41, 5.74) is 1.81. The van der Waals surface area contributed by atoms with Crippen molar-refractivity contribution in [3.63, 3.8) is 0 Å². The molecule has 0 bridgehead atoms. The standard InChI is InChI=1S/C9H11Cl2O4P/c1-5-3-6(2)8(15-16(12,13)14)7(4-5)9(10)11/h3-4,9H,1-2H3,(H2,12,13,14).